The molecule has 5 N–H and O–H groups in total. The second-order valence-electron chi connectivity index (χ2n) is 4.38. The Kier molecular flexibility index (Phi) is 2.85. The molecular formula is C13H14N6. The summed E-state index contributed by atoms with van der Waals surface area (Å²) in [7, 11) is 0. The lowest BCUT2D eigenvalue weighted by molar-refractivity contribution is 0.680. The van der Waals surface area contributed by atoms with Crippen molar-refractivity contribution >= 4 is 17.0 Å². The molecule has 19 heavy (non-hydrogen) atoms. The van der Waals surface area contributed by atoms with E-state index in [4.69, 9.17) is 11.5 Å². The van der Waals surface area contributed by atoms with Gasteiger partial charge < -0.3 is 16.5 Å². The van der Waals surface area contributed by atoms with Crippen LogP contribution < -0.4 is 11.5 Å². The molecule has 0 saturated carbocycles. The Morgan fingerprint density at radius 2 is 1.95 bits per heavy atom. The highest BCUT2D eigenvalue weighted by molar-refractivity contribution is 5.81. The number of H-pyrrole nitrogens is 1. The Morgan fingerprint density at radius 3 is 2.68 bits per heavy atom. The second kappa shape index (κ2) is 4.66. The summed E-state index contributed by atoms with van der Waals surface area (Å²) in [6.45, 7) is 0. The number of anilines is 1. The highest BCUT2D eigenvalue weighted by Crippen LogP contribution is 2.18. The summed E-state index contributed by atoms with van der Waals surface area (Å²) in [5.74, 6) is 1.06. The number of imidazole rings is 1. The number of nitrogens with zero attached hydrogens (tertiary/aromatic N) is 3. The Labute approximate surface area is 109 Å². The Hall–Kier alpha value is -2.47. The van der Waals surface area contributed by atoms with E-state index < -0.39 is 0 Å². The van der Waals surface area contributed by atoms with E-state index in [0.29, 0.717) is 29.2 Å². The average Bonchev–Trinajstić information content (AvgIpc) is 2.85. The monoisotopic (exact) mass is 254 g/mol. The Morgan fingerprint density at radius 1 is 1.16 bits per heavy atom. The fourth-order valence-corrected chi connectivity index (χ4v) is 2.00. The number of hydrogen-bond donors (Lipinski definition) is 3. The van der Waals surface area contributed by atoms with Gasteiger partial charge in [-0.2, -0.15) is 0 Å². The minimum absolute atomic E-state index is 0.226. The number of aromatic nitrogens is 4. The zero-order valence-corrected chi connectivity index (χ0v) is 10.2. The van der Waals surface area contributed by atoms with Crippen LogP contribution in [0, 0.1) is 0 Å². The van der Waals surface area contributed by atoms with Crippen LogP contribution in [0.5, 0.6) is 0 Å². The van der Waals surface area contributed by atoms with E-state index >= 15 is 0 Å². The van der Waals surface area contributed by atoms with E-state index in [1.807, 2.05) is 30.3 Å². The average molecular weight is 254 g/mol. The van der Waals surface area contributed by atoms with E-state index in [1.165, 1.54) is 6.33 Å². The molecule has 0 aliphatic rings. The maximum Gasteiger partial charge on any atom is 0.183 e. The molecule has 0 aliphatic carbocycles. The third-order valence-corrected chi connectivity index (χ3v) is 2.99. The van der Waals surface area contributed by atoms with Gasteiger partial charge in [-0.05, 0) is 12.0 Å². The first kappa shape index (κ1) is 11.6. The Bertz CT molecular complexity index is 691. The van der Waals surface area contributed by atoms with Crippen LogP contribution in [-0.2, 0) is 6.42 Å². The van der Waals surface area contributed by atoms with Crippen molar-refractivity contribution in [3.8, 4) is 0 Å². The van der Waals surface area contributed by atoms with Crippen molar-refractivity contribution in [1.82, 2.24) is 19.9 Å². The van der Waals surface area contributed by atoms with Gasteiger partial charge in [0.1, 0.15) is 17.7 Å². The molecule has 6 nitrogen and oxygen atoms in total. The zero-order chi connectivity index (χ0) is 13.2. The summed E-state index contributed by atoms with van der Waals surface area (Å²) in [6, 6.07) is 9.81. The summed E-state index contributed by atoms with van der Waals surface area (Å²) in [6.07, 6.45) is 2.10. The van der Waals surface area contributed by atoms with Crippen molar-refractivity contribution < 1.29 is 0 Å². The van der Waals surface area contributed by atoms with Crippen molar-refractivity contribution in [3.05, 3.63) is 48.0 Å². The van der Waals surface area contributed by atoms with E-state index in [1.54, 1.807) is 0 Å². The van der Waals surface area contributed by atoms with Gasteiger partial charge in [0, 0.05) is 0 Å². The molecule has 3 aromatic rings. The summed E-state index contributed by atoms with van der Waals surface area (Å²) in [4.78, 5) is 15.4. The maximum atomic E-state index is 6.16. The fourth-order valence-electron chi connectivity index (χ4n) is 2.00. The molecule has 2 heterocycles. The number of fused-ring (bicyclic) bond motifs is 1. The van der Waals surface area contributed by atoms with Crippen LogP contribution in [-0.4, -0.2) is 19.9 Å². The van der Waals surface area contributed by atoms with Gasteiger partial charge in [-0.3, -0.25) is 0 Å². The van der Waals surface area contributed by atoms with Crippen molar-refractivity contribution in [2.75, 3.05) is 5.73 Å². The normalized spacial score (nSPS) is 12.7. The highest BCUT2D eigenvalue weighted by Gasteiger charge is 2.14. The summed E-state index contributed by atoms with van der Waals surface area (Å²) >= 11 is 0. The first-order valence-electron chi connectivity index (χ1n) is 5.99. The van der Waals surface area contributed by atoms with E-state index in [0.717, 1.165) is 5.56 Å². The van der Waals surface area contributed by atoms with Gasteiger partial charge in [0.05, 0.1) is 6.04 Å². The molecule has 0 radical (unpaired) electrons. The fraction of sp³-hybridized carbons (Fsp3) is 0.154. The Balaban J connectivity index is 1.89. The summed E-state index contributed by atoms with van der Waals surface area (Å²) in [5, 5.41) is 0. The van der Waals surface area contributed by atoms with E-state index in [9.17, 15) is 0 Å². The smallest absolute Gasteiger partial charge is 0.183 e. The molecule has 0 fully saturated rings. The lowest BCUT2D eigenvalue weighted by atomic mass is 10.1. The van der Waals surface area contributed by atoms with Crippen molar-refractivity contribution in [2.24, 2.45) is 5.73 Å². The molecule has 96 valence electrons. The van der Waals surface area contributed by atoms with E-state index in [2.05, 4.69) is 19.9 Å². The van der Waals surface area contributed by atoms with Crippen LogP contribution in [0.1, 0.15) is 17.4 Å². The molecule has 0 saturated heterocycles. The quantitative estimate of drug-likeness (QED) is 0.650. The SMILES string of the molecule is Nc1ncnc2nc(C(N)Cc3ccccc3)[nH]c12. The van der Waals surface area contributed by atoms with Crippen LogP contribution in [0.25, 0.3) is 11.2 Å². The molecule has 1 aromatic carbocycles. The largest absolute Gasteiger partial charge is 0.382 e. The van der Waals surface area contributed by atoms with Gasteiger partial charge in [-0.25, -0.2) is 15.0 Å². The van der Waals surface area contributed by atoms with Crippen LogP contribution >= 0.6 is 0 Å². The predicted molar refractivity (Wildman–Crippen MR) is 73.2 cm³/mol. The van der Waals surface area contributed by atoms with Crippen LogP contribution in [0.2, 0.25) is 0 Å². The third kappa shape index (κ3) is 2.25. The summed E-state index contributed by atoms with van der Waals surface area (Å²) in [5.41, 5.74) is 14.3. The molecular weight excluding hydrogens is 240 g/mol. The molecule has 0 bridgehead atoms. The van der Waals surface area contributed by atoms with Gasteiger partial charge in [0.2, 0.25) is 0 Å². The van der Waals surface area contributed by atoms with Crippen molar-refractivity contribution in [1.29, 1.82) is 0 Å². The maximum absolute atomic E-state index is 6.16. The summed E-state index contributed by atoms with van der Waals surface area (Å²) < 4.78 is 0. The van der Waals surface area contributed by atoms with Gasteiger partial charge in [0.15, 0.2) is 11.5 Å². The lowest BCUT2D eigenvalue weighted by Gasteiger charge is -2.08. The first-order valence-corrected chi connectivity index (χ1v) is 5.99. The molecule has 0 amide bonds. The van der Waals surface area contributed by atoms with Crippen LogP contribution in [0.15, 0.2) is 36.7 Å². The van der Waals surface area contributed by atoms with Gasteiger partial charge in [-0.1, -0.05) is 30.3 Å². The molecule has 1 unspecified atom stereocenters. The number of hydrogen-bond acceptors (Lipinski definition) is 5. The minimum atomic E-state index is -0.226. The second-order valence-corrected chi connectivity index (χ2v) is 4.38. The number of nitrogen functional groups attached to an aromatic ring is 1. The van der Waals surface area contributed by atoms with Gasteiger partial charge in [-0.15, -0.1) is 0 Å². The zero-order valence-electron chi connectivity index (χ0n) is 10.2. The third-order valence-electron chi connectivity index (χ3n) is 2.99. The molecule has 0 spiro atoms. The topological polar surface area (TPSA) is 106 Å². The minimum Gasteiger partial charge on any atom is -0.382 e. The predicted octanol–water partition coefficient (Wildman–Crippen LogP) is 1.18. The molecule has 3 rings (SSSR count). The van der Waals surface area contributed by atoms with Crippen LogP contribution in [0.4, 0.5) is 5.82 Å². The molecule has 2 aromatic heterocycles. The molecule has 6 heteroatoms. The van der Waals surface area contributed by atoms with Gasteiger partial charge in [0.25, 0.3) is 0 Å². The number of benzene rings is 1. The van der Waals surface area contributed by atoms with Crippen LogP contribution in [0.3, 0.4) is 0 Å². The standard InChI is InChI=1S/C13H14N6/c14-9(6-8-4-2-1-3-5-8)12-18-10-11(15)16-7-17-13(10)19-12/h1-5,7,9H,6,14H2,(H3,15,16,17,18,19). The van der Waals surface area contributed by atoms with E-state index in [-0.39, 0.29) is 6.04 Å². The number of nitrogens with two attached hydrogens (primary N) is 2. The van der Waals surface area contributed by atoms with Crippen molar-refractivity contribution in [3.63, 3.8) is 0 Å². The molecule has 1 atom stereocenters. The number of rotatable bonds is 3. The first-order chi connectivity index (χ1) is 9.24. The van der Waals surface area contributed by atoms with Crippen molar-refractivity contribution in [2.45, 2.75) is 12.5 Å². The number of aromatic amines is 1. The van der Waals surface area contributed by atoms with Gasteiger partial charge >= 0.3 is 0 Å². The number of nitrogens with one attached hydrogen (secondary N) is 1. The molecule has 0 aliphatic heterocycles. The lowest BCUT2D eigenvalue weighted by Crippen LogP contribution is -2.14. The highest BCUT2D eigenvalue weighted by atomic mass is 15.1.